The molecule has 116 valence electrons. The van der Waals surface area contributed by atoms with Gasteiger partial charge in [-0.3, -0.25) is 0 Å². The molecule has 0 radical (unpaired) electrons. The van der Waals surface area contributed by atoms with Crippen molar-refractivity contribution < 1.29 is 5.11 Å². The van der Waals surface area contributed by atoms with Gasteiger partial charge in [0.2, 0.25) is 0 Å². The molecule has 0 aromatic carbocycles. The Kier molecular flexibility index (Phi) is 6.05. The minimum absolute atomic E-state index is 0.0813. The van der Waals surface area contributed by atoms with E-state index in [1.165, 1.54) is 25.7 Å². The Morgan fingerprint density at radius 2 is 2.05 bits per heavy atom. The molecule has 1 aliphatic carbocycles. The minimum atomic E-state index is -0.228. The average Bonchev–Trinajstić information content (AvgIpc) is 2.47. The number of hydrogen-bond donors (Lipinski definition) is 2. The van der Waals surface area contributed by atoms with Gasteiger partial charge >= 0.3 is 0 Å². The zero-order chi connectivity index (χ0) is 15.1. The van der Waals surface area contributed by atoms with Crippen LogP contribution in [0.2, 0.25) is 0 Å². The lowest BCUT2D eigenvalue weighted by Gasteiger charge is -2.51. The first-order chi connectivity index (χ1) is 10.2. The van der Waals surface area contributed by atoms with Crippen LogP contribution in [-0.2, 0) is 0 Å². The van der Waals surface area contributed by atoms with Gasteiger partial charge < -0.3 is 10.4 Å². The molecule has 1 aliphatic heterocycles. The van der Waals surface area contributed by atoms with Gasteiger partial charge in [-0.1, -0.05) is 37.8 Å². The highest BCUT2D eigenvalue weighted by Crippen LogP contribution is 2.41. The molecule has 0 bridgehead atoms. The van der Waals surface area contributed by atoms with Crippen LogP contribution in [0.5, 0.6) is 0 Å². The molecule has 0 aromatic heterocycles. The Morgan fingerprint density at radius 1 is 1.29 bits per heavy atom. The van der Waals surface area contributed by atoms with E-state index >= 15 is 0 Å². The zero-order valence-electron chi connectivity index (χ0n) is 13.1. The number of aliphatic hydroxyl groups is 1. The SMILES string of the molecule is C=C=CCC[C@@H]1CCC[C@]2(CCC[C@H](O)[C@H]2/C=C/C=C)N1. The standard InChI is InChI=1S/C19H29NO/c1-3-5-7-10-16-11-8-14-19(20-16)15-9-13-18(21)17(19)12-6-4-2/h4-6,12,16-18,20-21H,1-2,7-11,13-15H2/b12-6+/t16-,17-,18+,19-/m1/s1. The third kappa shape index (κ3) is 3.97. The van der Waals surface area contributed by atoms with E-state index in [1.54, 1.807) is 0 Å². The summed E-state index contributed by atoms with van der Waals surface area (Å²) in [6.45, 7) is 7.39. The second-order valence-electron chi connectivity index (χ2n) is 6.48. The second-order valence-corrected chi connectivity index (χ2v) is 6.48. The monoisotopic (exact) mass is 287 g/mol. The molecule has 2 nitrogen and oxygen atoms in total. The zero-order valence-corrected chi connectivity index (χ0v) is 13.1. The van der Waals surface area contributed by atoms with Crippen molar-refractivity contribution in [2.45, 2.75) is 69.1 Å². The van der Waals surface area contributed by atoms with Crippen LogP contribution in [0.4, 0.5) is 0 Å². The Bertz CT molecular complexity index is 417. The van der Waals surface area contributed by atoms with Crippen LogP contribution in [0.1, 0.15) is 51.4 Å². The van der Waals surface area contributed by atoms with Crippen molar-refractivity contribution >= 4 is 0 Å². The summed E-state index contributed by atoms with van der Waals surface area (Å²) in [6, 6.07) is 0.549. The molecule has 1 saturated carbocycles. The quantitative estimate of drug-likeness (QED) is 0.594. The summed E-state index contributed by atoms with van der Waals surface area (Å²) in [6.07, 6.45) is 16.8. The highest BCUT2D eigenvalue weighted by Gasteiger charge is 2.45. The predicted molar refractivity (Wildman–Crippen MR) is 89.1 cm³/mol. The lowest BCUT2D eigenvalue weighted by Crippen LogP contribution is -2.61. The van der Waals surface area contributed by atoms with E-state index in [0.717, 1.165) is 25.7 Å². The van der Waals surface area contributed by atoms with Gasteiger partial charge in [0, 0.05) is 17.5 Å². The van der Waals surface area contributed by atoms with Gasteiger partial charge in [0.05, 0.1) is 6.10 Å². The van der Waals surface area contributed by atoms with E-state index in [9.17, 15) is 5.11 Å². The topological polar surface area (TPSA) is 32.3 Å². The molecule has 2 rings (SSSR count). The summed E-state index contributed by atoms with van der Waals surface area (Å²) in [7, 11) is 0. The highest BCUT2D eigenvalue weighted by molar-refractivity contribution is 5.14. The van der Waals surface area contributed by atoms with Crippen molar-refractivity contribution in [3.05, 3.63) is 43.2 Å². The fourth-order valence-electron chi connectivity index (χ4n) is 4.13. The van der Waals surface area contributed by atoms with Gasteiger partial charge in [-0.25, -0.2) is 0 Å². The lowest BCUT2D eigenvalue weighted by molar-refractivity contribution is 0.00298. The van der Waals surface area contributed by atoms with E-state index in [4.69, 9.17) is 0 Å². The minimum Gasteiger partial charge on any atom is -0.392 e. The molecule has 0 unspecified atom stereocenters. The molecule has 0 aromatic rings. The average molecular weight is 287 g/mol. The maximum atomic E-state index is 10.5. The molecule has 1 spiro atoms. The molecular formula is C19H29NO. The van der Waals surface area contributed by atoms with E-state index in [0.29, 0.717) is 6.04 Å². The van der Waals surface area contributed by atoms with Crippen LogP contribution in [0, 0.1) is 5.92 Å². The Labute approximate surface area is 129 Å². The first-order valence-corrected chi connectivity index (χ1v) is 8.31. The Balaban J connectivity index is 2.10. The summed E-state index contributed by atoms with van der Waals surface area (Å²) in [5.74, 6) is 0.210. The van der Waals surface area contributed by atoms with Crippen molar-refractivity contribution in [3.63, 3.8) is 0 Å². The number of nitrogens with one attached hydrogen (secondary N) is 1. The fraction of sp³-hybridized carbons (Fsp3) is 0.632. The van der Waals surface area contributed by atoms with Gasteiger partial charge in [0.15, 0.2) is 0 Å². The number of piperidine rings is 1. The molecular weight excluding hydrogens is 258 g/mol. The van der Waals surface area contributed by atoms with E-state index < -0.39 is 0 Å². The Hall–Kier alpha value is -1.08. The van der Waals surface area contributed by atoms with Gasteiger partial charge in [-0.05, 0) is 51.0 Å². The first kappa shape index (κ1) is 16.3. The van der Waals surface area contributed by atoms with Crippen molar-refractivity contribution in [1.29, 1.82) is 0 Å². The summed E-state index contributed by atoms with van der Waals surface area (Å²) in [4.78, 5) is 0. The van der Waals surface area contributed by atoms with Gasteiger partial charge in [0.25, 0.3) is 0 Å². The van der Waals surface area contributed by atoms with E-state index in [1.807, 2.05) is 18.2 Å². The third-order valence-corrected chi connectivity index (χ3v) is 5.10. The molecule has 2 heteroatoms. The molecule has 1 saturated heterocycles. The molecule has 0 amide bonds. The van der Waals surface area contributed by atoms with Crippen molar-refractivity contribution in [1.82, 2.24) is 5.32 Å². The van der Waals surface area contributed by atoms with Gasteiger partial charge in [0.1, 0.15) is 0 Å². The molecule has 2 aliphatic rings. The smallest absolute Gasteiger partial charge is 0.0620 e. The molecule has 2 N–H and O–H groups in total. The van der Waals surface area contributed by atoms with Gasteiger partial charge in [-0.2, -0.15) is 0 Å². The first-order valence-electron chi connectivity index (χ1n) is 8.31. The molecule has 4 atom stereocenters. The van der Waals surface area contributed by atoms with Crippen LogP contribution in [-0.4, -0.2) is 22.8 Å². The summed E-state index contributed by atoms with van der Waals surface area (Å²) >= 11 is 0. The molecule has 2 fully saturated rings. The maximum Gasteiger partial charge on any atom is 0.0620 e. The summed E-state index contributed by atoms with van der Waals surface area (Å²) in [5, 5.41) is 14.4. The largest absolute Gasteiger partial charge is 0.392 e. The van der Waals surface area contributed by atoms with Gasteiger partial charge in [-0.15, -0.1) is 5.73 Å². The van der Waals surface area contributed by atoms with Crippen LogP contribution < -0.4 is 5.32 Å². The van der Waals surface area contributed by atoms with Crippen molar-refractivity contribution in [2.24, 2.45) is 5.92 Å². The Morgan fingerprint density at radius 3 is 2.76 bits per heavy atom. The number of hydrogen-bond acceptors (Lipinski definition) is 2. The number of rotatable bonds is 5. The van der Waals surface area contributed by atoms with Crippen LogP contribution in [0.3, 0.4) is 0 Å². The van der Waals surface area contributed by atoms with Crippen molar-refractivity contribution in [2.75, 3.05) is 0 Å². The lowest BCUT2D eigenvalue weighted by atomic mass is 9.66. The molecule has 1 heterocycles. The normalized spacial score (nSPS) is 36.5. The maximum absolute atomic E-state index is 10.5. The van der Waals surface area contributed by atoms with Crippen LogP contribution in [0.15, 0.2) is 43.2 Å². The highest BCUT2D eigenvalue weighted by atomic mass is 16.3. The molecule has 21 heavy (non-hydrogen) atoms. The summed E-state index contributed by atoms with van der Waals surface area (Å²) in [5.41, 5.74) is 2.94. The van der Waals surface area contributed by atoms with Crippen molar-refractivity contribution in [3.8, 4) is 0 Å². The van der Waals surface area contributed by atoms with E-state index in [2.05, 4.69) is 30.3 Å². The predicted octanol–water partition coefficient (Wildman–Crippen LogP) is 3.89. The van der Waals surface area contributed by atoms with Crippen LogP contribution >= 0.6 is 0 Å². The number of allylic oxidation sites excluding steroid dienone is 3. The fourth-order valence-corrected chi connectivity index (χ4v) is 4.13. The second kappa shape index (κ2) is 7.79. The number of aliphatic hydroxyl groups excluding tert-OH is 1. The summed E-state index contributed by atoms with van der Waals surface area (Å²) < 4.78 is 0. The van der Waals surface area contributed by atoms with E-state index in [-0.39, 0.29) is 17.6 Å². The third-order valence-electron chi connectivity index (χ3n) is 5.10. The van der Waals surface area contributed by atoms with Crippen LogP contribution in [0.25, 0.3) is 0 Å².